The molecule has 0 unspecified atom stereocenters. The Morgan fingerprint density at radius 3 is 2.30 bits per heavy atom. The summed E-state index contributed by atoms with van der Waals surface area (Å²) < 4.78 is 61.0. The Morgan fingerprint density at radius 1 is 1.25 bits per heavy atom. The summed E-state index contributed by atoms with van der Waals surface area (Å²) in [5.74, 6) is -0.911. The first-order valence-corrected chi connectivity index (χ1v) is 7.53. The van der Waals surface area contributed by atoms with Crippen LogP contribution >= 0.6 is 0 Å². The van der Waals surface area contributed by atoms with E-state index in [9.17, 15) is 31.6 Å². The summed E-state index contributed by atoms with van der Waals surface area (Å²) >= 11 is 0. The molecule has 0 aromatic heterocycles. The monoisotopic (exact) mass is 318 g/mol. The van der Waals surface area contributed by atoms with Crippen LogP contribution in [0, 0.1) is 11.1 Å². The van der Waals surface area contributed by atoms with Crippen molar-refractivity contribution in [3.8, 4) is 0 Å². The molecule has 0 heterocycles. The molecule has 0 N–H and O–H groups in total. The first-order chi connectivity index (χ1) is 9.16. The number of hydroxylamine groups is 1. The molecular weight excluding hydrogens is 303 g/mol. The third-order valence-corrected chi connectivity index (χ3v) is 4.32. The molecule has 1 aliphatic carbocycles. The molecule has 0 aromatic carbocycles. The summed E-state index contributed by atoms with van der Waals surface area (Å²) in [6, 6.07) is 0. The van der Waals surface area contributed by atoms with Crippen molar-refractivity contribution in [2.24, 2.45) is 5.92 Å². The fourth-order valence-electron chi connectivity index (χ4n) is 1.91. The maximum absolute atomic E-state index is 12.0. The predicted octanol–water partition coefficient (Wildman–Crippen LogP) is 1.76. The highest BCUT2D eigenvalue weighted by molar-refractivity contribution is 7.90. The van der Waals surface area contributed by atoms with Crippen LogP contribution in [0.15, 0.2) is 0 Å². The van der Waals surface area contributed by atoms with Gasteiger partial charge in [0.25, 0.3) is 0 Å². The second kappa shape index (κ2) is 6.72. The van der Waals surface area contributed by atoms with Crippen molar-refractivity contribution in [1.29, 1.82) is 0 Å². The average molecular weight is 318 g/mol. The predicted molar refractivity (Wildman–Crippen MR) is 62.6 cm³/mol. The fourth-order valence-corrected chi connectivity index (χ4v) is 2.46. The molecule has 0 spiro atoms. The van der Waals surface area contributed by atoms with Gasteiger partial charge < -0.3 is 9.94 Å². The van der Waals surface area contributed by atoms with Gasteiger partial charge in [-0.05, 0) is 12.8 Å². The van der Waals surface area contributed by atoms with E-state index < -0.39 is 39.1 Å². The minimum Gasteiger partial charge on any atom is -0.772 e. The first kappa shape index (κ1) is 17.2. The van der Waals surface area contributed by atoms with Gasteiger partial charge in [-0.3, -0.25) is 9.26 Å². The van der Waals surface area contributed by atoms with Crippen molar-refractivity contribution < 1.29 is 31.1 Å². The van der Waals surface area contributed by atoms with Gasteiger partial charge >= 0.3 is 21.5 Å². The normalized spacial score (nSPS) is 18.2. The summed E-state index contributed by atoms with van der Waals surface area (Å²) in [5.41, 5.74) is -5.65. The number of carbonyl (C=O) groups is 1. The lowest BCUT2D eigenvalue weighted by Gasteiger charge is -2.28. The zero-order chi connectivity index (χ0) is 15.4. The first-order valence-electron chi connectivity index (χ1n) is 6.09. The van der Waals surface area contributed by atoms with Crippen LogP contribution in [-0.4, -0.2) is 37.5 Å². The Hall–Kier alpha value is -0.870. The Balaban J connectivity index is 2.38. The summed E-state index contributed by atoms with van der Waals surface area (Å²) in [4.78, 5) is 11.5. The summed E-state index contributed by atoms with van der Waals surface area (Å²) in [6.07, 6.45) is 4.04. The molecule has 1 saturated carbocycles. The van der Waals surface area contributed by atoms with Crippen LogP contribution in [0.4, 0.5) is 13.2 Å². The van der Waals surface area contributed by atoms with E-state index in [1.165, 1.54) is 0 Å². The van der Waals surface area contributed by atoms with E-state index in [1.807, 2.05) is 0 Å². The third kappa shape index (κ3) is 4.32. The van der Waals surface area contributed by atoms with E-state index in [4.69, 9.17) is 0 Å². The van der Waals surface area contributed by atoms with Gasteiger partial charge in [-0.1, -0.05) is 19.3 Å². The van der Waals surface area contributed by atoms with Gasteiger partial charge in [0, 0.05) is 6.54 Å². The molecule has 0 radical (unpaired) electrons. The van der Waals surface area contributed by atoms with Crippen LogP contribution in [0.25, 0.3) is 0 Å². The van der Waals surface area contributed by atoms with E-state index in [2.05, 4.69) is 4.74 Å². The minimum absolute atomic E-state index is 0.317. The van der Waals surface area contributed by atoms with Crippen molar-refractivity contribution in [3.05, 3.63) is 5.21 Å². The SMILES string of the molecule is O=C(OCCN([O-])S(=O)(=O)C(F)(F)F)C1CCCCC1. The standard InChI is InChI=1S/C10H15F3NO5S/c11-10(12,13)20(17,18)14(16)6-7-19-9(15)8-4-2-1-3-5-8/h8H,1-7H2/q-1. The van der Waals surface area contributed by atoms with Crippen molar-refractivity contribution in [1.82, 2.24) is 4.47 Å². The maximum Gasteiger partial charge on any atom is 0.510 e. The zero-order valence-corrected chi connectivity index (χ0v) is 11.4. The Kier molecular flexibility index (Phi) is 5.78. The molecule has 6 nitrogen and oxygen atoms in total. The van der Waals surface area contributed by atoms with Crippen LogP contribution in [-0.2, 0) is 19.6 Å². The fraction of sp³-hybridized carbons (Fsp3) is 0.900. The number of nitrogens with zero attached hydrogens (tertiary/aromatic N) is 1. The molecule has 118 valence electrons. The van der Waals surface area contributed by atoms with Gasteiger partial charge in [0.15, 0.2) is 0 Å². The highest BCUT2D eigenvalue weighted by Gasteiger charge is 2.46. The lowest BCUT2D eigenvalue weighted by molar-refractivity contribution is -0.149. The van der Waals surface area contributed by atoms with Crippen LogP contribution < -0.4 is 0 Å². The van der Waals surface area contributed by atoms with Gasteiger partial charge in [0.2, 0.25) is 0 Å². The van der Waals surface area contributed by atoms with E-state index >= 15 is 0 Å². The topological polar surface area (TPSA) is 86.7 Å². The molecule has 0 amide bonds. The lowest BCUT2D eigenvalue weighted by Crippen LogP contribution is -2.39. The van der Waals surface area contributed by atoms with Crippen molar-refractivity contribution in [2.45, 2.75) is 37.6 Å². The second-order valence-electron chi connectivity index (χ2n) is 4.48. The molecule has 0 saturated heterocycles. The number of sulfonamides is 1. The summed E-state index contributed by atoms with van der Waals surface area (Å²) in [6.45, 7) is -1.76. The molecule has 1 aliphatic rings. The number of ether oxygens (including phenoxy) is 1. The highest BCUT2D eigenvalue weighted by Crippen LogP contribution is 2.26. The molecule has 10 heteroatoms. The molecule has 1 fully saturated rings. The third-order valence-electron chi connectivity index (χ3n) is 3.02. The molecular formula is C10H15F3NO5S-. The zero-order valence-electron chi connectivity index (χ0n) is 10.6. The summed E-state index contributed by atoms with van der Waals surface area (Å²) in [7, 11) is -5.91. The summed E-state index contributed by atoms with van der Waals surface area (Å²) in [5, 5.41) is 10.9. The van der Waals surface area contributed by atoms with Gasteiger partial charge in [0.05, 0.1) is 5.92 Å². The van der Waals surface area contributed by atoms with Crippen molar-refractivity contribution in [2.75, 3.05) is 13.2 Å². The number of esters is 1. The number of halogens is 3. The molecule has 0 aliphatic heterocycles. The number of alkyl halides is 3. The molecule has 1 rings (SSSR count). The molecule has 0 atom stereocenters. The Bertz CT molecular complexity index is 431. The Labute approximate surface area is 114 Å². The van der Waals surface area contributed by atoms with Gasteiger partial charge in [-0.25, -0.2) is 8.42 Å². The van der Waals surface area contributed by atoms with Crippen molar-refractivity contribution >= 4 is 16.0 Å². The van der Waals surface area contributed by atoms with Crippen LogP contribution in [0.2, 0.25) is 0 Å². The lowest BCUT2D eigenvalue weighted by atomic mass is 9.89. The van der Waals surface area contributed by atoms with Crippen LogP contribution in [0.1, 0.15) is 32.1 Å². The quantitative estimate of drug-likeness (QED) is 0.569. The van der Waals surface area contributed by atoms with E-state index in [-0.39, 0.29) is 5.92 Å². The molecule has 0 bridgehead atoms. The van der Waals surface area contributed by atoms with E-state index in [1.54, 1.807) is 0 Å². The van der Waals surface area contributed by atoms with E-state index in [0.29, 0.717) is 12.8 Å². The number of hydrogen-bond donors (Lipinski definition) is 0. The van der Waals surface area contributed by atoms with Gasteiger partial charge in [-0.15, -0.1) is 0 Å². The number of rotatable bonds is 5. The highest BCUT2D eigenvalue weighted by atomic mass is 32.2. The van der Waals surface area contributed by atoms with Gasteiger partial charge in [0.1, 0.15) is 6.61 Å². The van der Waals surface area contributed by atoms with E-state index in [0.717, 1.165) is 19.3 Å². The average Bonchev–Trinajstić information content (AvgIpc) is 2.38. The largest absolute Gasteiger partial charge is 0.772 e. The number of carbonyl (C=O) groups excluding carboxylic acids is 1. The smallest absolute Gasteiger partial charge is 0.510 e. The van der Waals surface area contributed by atoms with Crippen LogP contribution in [0.3, 0.4) is 0 Å². The van der Waals surface area contributed by atoms with Crippen molar-refractivity contribution in [3.63, 3.8) is 0 Å². The maximum atomic E-state index is 12.0. The Morgan fingerprint density at radius 2 is 1.80 bits per heavy atom. The molecule has 20 heavy (non-hydrogen) atoms. The molecule has 0 aromatic rings. The number of hydrogen-bond acceptors (Lipinski definition) is 5. The minimum atomic E-state index is -5.91. The van der Waals surface area contributed by atoms with Gasteiger partial charge in [-0.2, -0.15) is 13.2 Å². The van der Waals surface area contributed by atoms with Crippen LogP contribution in [0.5, 0.6) is 0 Å². The second-order valence-corrected chi connectivity index (χ2v) is 6.30.